The molecule has 23 heteroatoms. The molecule has 10 atom stereocenters. The number of aliphatic hydroxyl groups excluding tert-OH is 5. The van der Waals surface area contributed by atoms with E-state index in [0.29, 0.717) is 12.2 Å². The van der Waals surface area contributed by atoms with Crippen LogP contribution < -0.4 is 22.1 Å². The number of carboxylic acid groups (broad SMARTS) is 1. The van der Waals surface area contributed by atoms with Gasteiger partial charge in [0.1, 0.15) is 36.5 Å². The normalized spacial score (nSPS) is 30.2. The van der Waals surface area contributed by atoms with Gasteiger partial charge in [-0.2, -0.15) is 17.6 Å². The zero-order chi connectivity index (χ0) is 35.1. The van der Waals surface area contributed by atoms with Gasteiger partial charge in [0.05, 0.1) is 38.0 Å². The summed E-state index contributed by atoms with van der Waals surface area (Å²) in [6, 6.07) is -0.404. The van der Waals surface area contributed by atoms with E-state index in [0.717, 1.165) is 4.57 Å². The molecular formula is C24H38N5O16PS. The fourth-order valence-electron chi connectivity index (χ4n) is 4.79. The number of rotatable bonds is 16. The first-order chi connectivity index (χ1) is 22.0. The van der Waals surface area contributed by atoms with Crippen molar-refractivity contribution in [1.29, 1.82) is 0 Å². The number of amides is 2. The Hall–Kier alpha value is -2.73. The smallest absolute Gasteiger partial charge is 0.475 e. The first kappa shape index (κ1) is 38.7. The van der Waals surface area contributed by atoms with Gasteiger partial charge in [-0.1, -0.05) is 0 Å². The van der Waals surface area contributed by atoms with E-state index in [1.165, 1.54) is 12.3 Å². The topological polar surface area (TPSA) is 332 Å². The van der Waals surface area contributed by atoms with E-state index in [2.05, 4.69) is 28.2 Å². The number of nitrogen functional groups attached to an aromatic ring is 1. The highest BCUT2D eigenvalue weighted by molar-refractivity contribution is 7.80. The van der Waals surface area contributed by atoms with Crippen LogP contribution in [0.15, 0.2) is 17.1 Å². The second-order valence-corrected chi connectivity index (χ2v) is 12.5. The van der Waals surface area contributed by atoms with Gasteiger partial charge in [-0.25, -0.2) is 18.7 Å². The summed E-state index contributed by atoms with van der Waals surface area (Å²) in [6.45, 7) is -2.58. The van der Waals surface area contributed by atoms with Crippen LogP contribution >= 0.6 is 20.5 Å². The third-order valence-corrected chi connectivity index (χ3v) is 8.50. The number of hydrogen-bond donors (Lipinski definition) is 11. The maximum absolute atomic E-state index is 13.0. The summed E-state index contributed by atoms with van der Waals surface area (Å²) in [4.78, 5) is 62.8. The summed E-state index contributed by atoms with van der Waals surface area (Å²) >= 11 is 3.98. The maximum atomic E-state index is 13.0. The Bertz CT molecular complexity index is 1370. The Labute approximate surface area is 271 Å². The number of carbonyl (C=O) groups is 3. The summed E-state index contributed by atoms with van der Waals surface area (Å²) in [5, 5.41) is 65.8. The molecular weight excluding hydrogens is 677 g/mol. The number of ether oxygens (including phenoxy) is 2. The van der Waals surface area contributed by atoms with Crippen LogP contribution in [0.4, 0.5) is 5.82 Å². The highest BCUT2D eigenvalue weighted by atomic mass is 32.1. The molecule has 2 aliphatic heterocycles. The minimum atomic E-state index is -5.50. The van der Waals surface area contributed by atoms with Crippen molar-refractivity contribution in [2.45, 2.75) is 80.4 Å². The number of nitrogens with zero attached hydrogens (tertiary/aromatic N) is 2. The number of aliphatic carboxylic acids is 1. The van der Waals surface area contributed by atoms with Gasteiger partial charge in [0, 0.05) is 25.5 Å². The largest absolute Gasteiger partial charge is 0.477 e. The summed E-state index contributed by atoms with van der Waals surface area (Å²) < 4.78 is 34.6. The minimum absolute atomic E-state index is 0.0598. The van der Waals surface area contributed by atoms with Gasteiger partial charge in [-0.15, -0.1) is 0 Å². The number of phosphoric ester groups is 1. The number of carbonyl (C=O) groups excluding carboxylic acids is 2. The van der Waals surface area contributed by atoms with Crippen LogP contribution in [0.5, 0.6) is 0 Å². The maximum Gasteiger partial charge on any atom is 0.475 e. The lowest BCUT2D eigenvalue weighted by Gasteiger charge is -2.46. The molecule has 47 heavy (non-hydrogen) atoms. The minimum Gasteiger partial charge on any atom is -0.477 e. The standard InChI is InChI=1S/C24H38N5O16PS/c25-15-3-4-29(23(39)27-15)18-6-11(31)14(43-18)10-42-46(40,41)45-24(22(37)38)7-12(32)19(21(44-24)20(36)13(33)9-30)28-17(35)8-26-16(34)2-1-5-47/h3-4,11-14,18-21,30-33,36,47H,1-2,5-10H2,(H,26,34)(H,28,35)(H,37,38)(H,40,41)(H2,25,27,39)/t11-,12-,13?,14-,18?,19?,20-,21?,24-/m1/s1. The van der Waals surface area contributed by atoms with E-state index in [1.54, 1.807) is 0 Å². The van der Waals surface area contributed by atoms with Gasteiger partial charge in [0.15, 0.2) is 0 Å². The summed E-state index contributed by atoms with van der Waals surface area (Å²) in [5.41, 5.74) is 4.66. The molecule has 11 N–H and O–H groups in total. The monoisotopic (exact) mass is 715 g/mol. The fourth-order valence-corrected chi connectivity index (χ4v) is 5.90. The number of nitrogens with two attached hydrogens (primary N) is 1. The van der Waals surface area contributed by atoms with Crippen molar-refractivity contribution in [3.8, 4) is 0 Å². The lowest BCUT2D eigenvalue weighted by Crippen LogP contribution is -2.68. The van der Waals surface area contributed by atoms with Crippen molar-refractivity contribution in [3.05, 3.63) is 22.7 Å². The Kier molecular flexibility index (Phi) is 13.7. The Balaban J connectivity index is 1.74. The molecule has 3 rings (SSSR count). The van der Waals surface area contributed by atoms with Crippen LogP contribution in [-0.2, 0) is 37.5 Å². The van der Waals surface area contributed by atoms with E-state index in [-0.39, 0.29) is 18.7 Å². The van der Waals surface area contributed by atoms with Crippen molar-refractivity contribution in [2.24, 2.45) is 0 Å². The SMILES string of the molecule is Nc1ccn(C2C[C@@H](O)[C@@H](COP(=O)(O)O[C@@]3(C(=O)O)C[C@@H](O)C(NC(=O)CNC(=O)CCCS)C([C@H](O)C(O)CO)O3)O2)c(=O)n1. The number of thiol groups is 1. The molecule has 0 spiro atoms. The molecule has 2 amide bonds. The fraction of sp³-hybridized carbons (Fsp3) is 0.708. The number of aliphatic hydroxyl groups is 5. The molecule has 21 nitrogen and oxygen atoms in total. The van der Waals surface area contributed by atoms with Crippen LogP contribution in [0.1, 0.15) is 31.9 Å². The lowest BCUT2D eigenvalue weighted by molar-refractivity contribution is -0.289. The highest BCUT2D eigenvalue weighted by Crippen LogP contribution is 2.51. The van der Waals surface area contributed by atoms with Crippen molar-refractivity contribution in [1.82, 2.24) is 20.2 Å². The number of anilines is 1. The molecule has 1 aromatic heterocycles. The van der Waals surface area contributed by atoms with E-state index >= 15 is 0 Å². The van der Waals surface area contributed by atoms with Crippen molar-refractivity contribution < 1.29 is 73.0 Å². The van der Waals surface area contributed by atoms with Crippen molar-refractivity contribution in [2.75, 3.05) is 31.2 Å². The quantitative estimate of drug-likeness (QED) is 0.0568. The van der Waals surface area contributed by atoms with Gasteiger partial charge < -0.3 is 61.4 Å². The molecule has 0 aromatic carbocycles. The number of carboxylic acids is 1. The van der Waals surface area contributed by atoms with Crippen LogP contribution in [-0.4, -0.2) is 137 Å². The van der Waals surface area contributed by atoms with E-state index in [9.17, 15) is 59.3 Å². The number of nitrogens with one attached hydrogen (secondary N) is 2. The number of hydrogen-bond acceptors (Lipinski definition) is 17. The number of aromatic nitrogens is 2. The average Bonchev–Trinajstić information content (AvgIpc) is 3.37. The molecule has 0 saturated carbocycles. The Morgan fingerprint density at radius 1 is 1.26 bits per heavy atom. The molecule has 0 aliphatic carbocycles. The predicted octanol–water partition coefficient (Wildman–Crippen LogP) is -4.44. The molecule has 0 bridgehead atoms. The van der Waals surface area contributed by atoms with Crippen LogP contribution in [0.25, 0.3) is 0 Å². The molecule has 2 aliphatic rings. The number of phosphoric acid groups is 1. The molecule has 1 aromatic rings. The van der Waals surface area contributed by atoms with Gasteiger partial charge in [-0.3, -0.25) is 18.7 Å². The van der Waals surface area contributed by atoms with Crippen molar-refractivity contribution >= 4 is 44.1 Å². The second kappa shape index (κ2) is 16.6. The predicted molar refractivity (Wildman–Crippen MR) is 157 cm³/mol. The average molecular weight is 716 g/mol. The lowest BCUT2D eigenvalue weighted by atomic mass is 9.88. The second-order valence-electron chi connectivity index (χ2n) is 10.7. The van der Waals surface area contributed by atoms with E-state index in [1.807, 2.05) is 0 Å². The zero-order valence-electron chi connectivity index (χ0n) is 24.6. The van der Waals surface area contributed by atoms with E-state index < -0.39 is 112 Å². The molecule has 2 fully saturated rings. The molecule has 5 unspecified atom stereocenters. The van der Waals surface area contributed by atoms with E-state index in [4.69, 9.17) is 24.3 Å². The third-order valence-electron chi connectivity index (χ3n) is 7.18. The summed E-state index contributed by atoms with van der Waals surface area (Å²) in [6.07, 6.45) is -11.7. The van der Waals surface area contributed by atoms with Gasteiger partial charge >= 0.3 is 19.5 Å². The first-order valence-corrected chi connectivity index (χ1v) is 16.2. The molecule has 266 valence electrons. The summed E-state index contributed by atoms with van der Waals surface area (Å²) in [7, 11) is -5.50. The third kappa shape index (κ3) is 10.1. The first-order valence-electron chi connectivity index (χ1n) is 14.1. The molecule has 3 heterocycles. The van der Waals surface area contributed by atoms with Gasteiger partial charge in [-0.05, 0) is 18.2 Å². The summed E-state index contributed by atoms with van der Waals surface area (Å²) in [5.74, 6) is -6.42. The molecule has 2 saturated heterocycles. The highest BCUT2D eigenvalue weighted by Gasteiger charge is 2.59. The Morgan fingerprint density at radius 3 is 2.57 bits per heavy atom. The zero-order valence-corrected chi connectivity index (χ0v) is 26.4. The van der Waals surface area contributed by atoms with Crippen LogP contribution in [0.3, 0.4) is 0 Å². The van der Waals surface area contributed by atoms with Gasteiger partial charge in [0.25, 0.3) is 5.79 Å². The van der Waals surface area contributed by atoms with Gasteiger partial charge in [0.2, 0.25) is 11.8 Å². The molecule has 0 radical (unpaired) electrons. The van der Waals surface area contributed by atoms with Crippen LogP contribution in [0.2, 0.25) is 0 Å². The van der Waals surface area contributed by atoms with Crippen molar-refractivity contribution in [3.63, 3.8) is 0 Å². The van der Waals surface area contributed by atoms with Crippen LogP contribution in [0, 0.1) is 0 Å². The Morgan fingerprint density at radius 2 is 1.96 bits per heavy atom.